The molecule has 1 aliphatic carbocycles. The summed E-state index contributed by atoms with van der Waals surface area (Å²) >= 11 is 0. The average Bonchev–Trinajstić information content (AvgIpc) is 3.19. The van der Waals surface area contributed by atoms with Crippen molar-refractivity contribution in [1.29, 1.82) is 0 Å². The van der Waals surface area contributed by atoms with Crippen LogP contribution in [-0.4, -0.2) is 59.5 Å². The standard InChI is InChI=1S/C16H25NO3.C4H4O4/c1-10-5-4-8-16(2)14(20-16)13-11(7-6-10)12(9-17-3)15(18)19-13;5-3(6)1-2-4(7)8/h5,11-14,17H,4,6-9H2,1-3H3;1-2H,(H,5,6)(H,7,8)/b10-5+;2-1+/t11-,12-,13-,14-,16+;/m0./s1. The van der Waals surface area contributed by atoms with Gasteiger partial charge in [-0.15, -0.1) is 0 Å². The van der Waals surface area contributed by atoms with Crippen molar-refractivity contribution in [3.8, 4) is 0 Å². The minimum Gasteiger partial charge on any atom is -0.478 e. The molecule has 3 rings (SSSR count). The number of ether oxygens (including phenoxy) is 2. The van der Waals surface area contributed by atoms with Crippen LogP contribution < -0.4 is 5.32 Å². The van der Waals surface area contributed by atoms with Gasteiger partial charge in [0.25, 0.3) is 0 Å². The Morgan fingerprint density at radius 2 is 1.96 bits per heavy atom. The Hall–Kier alpha value is -2.19. The number of allylic oxidation sites excluding steroid dienone is 2. The Balaban J connectivity index is 0.000000300. The van der Waals surface area contributed by atoms with Crippen LogP contribution in [0.4, 0.5) is 0 Å². The highest BCUT2D eigenvalue weighted by molar-refractivity contribution is 5.89. The first-order valence-corrected chi connectivity index (χ1v) is 9.50. The number of esters is 1. The van der Waals surface area contributed by atoms with E-state index in [-0.39, 0.29) is 35.6 Å². The summed E-state index contributed by atoms with van der Waals surface area (Å²) in [5.41, 5.74) is 1.33. The third-order valence-electron chi connectivity index (χ3n) is 5.53. The highest BCUT2D eigenvalue weighted by Crippen LogP contribution is 2.50. The monoisotopic (exact) mass is 395 g/mol. The third kappa shape index (κ3) is 5.65. The van der Waals surface area contributed by atoms with Gasteiger partial charge in [-0.25, -0.2) is 9.59 Å². The molecule has 8 nitrogen and oxygen atoms in total. The molecule has 3 N–H and O–H groups in total. The van der Waals surface area contributed by atoms with Gasteiger partial charge in [-0.1, -0.05) is 11.6 Å². The highest BCUT2D eigenvalue weighted by Gasteiger charge is 2.62. The number of epoxide rings is 1. The fourth-order valence-electron chi connectivity index (χ4n) is 3.93. The van der Waals surface area contributed by atoms with E-state index >= 15 is 0 Å². The summed E-state index contributed by atoms with van der Waals surface area (Å²) in [6.45, 7) is 5.04. The molecule has 0 radical (unpaired) electrons. The van der Waals surface area contributed by atoms with Gasteiger partial charge < -0.3 is 25.0 Å². The lowest BCUT2D eigenvalue weighted by Gasteiger charge is -2.22. The minimum atomic E-state index is -1.26. The first-order valence-electron chi connectivity index (χ1n) is 9.50. The zero-order valence-corrected chi connectivity index (χ0v) is 16.5. The van der Waals surface area contributed by atoms with Crippen molar-refractivity contribution in [2.24, 2.45) is 11.8 Å². The number of carboxylic acids is 2. The van der Waals surface area contributed by atoms with Crippen LogP contribution in [0.5, 0.6) is 0 Å². The number of nitrogens with one attached hydrogen (secondary N) is 1. The number of fused-ring (bicyclic) bond motifs is 3. The van der Waals surface area contributed by atoms with E-state index in [1.807, 2.05) is 7.05 Å². The normalized spacial score (nSPS) is 36.1. The molecule has 156 valence electrons. The van der Waals surface area contributed by atoms with Crippen LogP contribution in [0, 0.1) is 11.8 Å². The summed E-state index contributed by atoms with van der Waals surface area (Å²) in [5, 5.41) is 18.8. The van der Waals surface area contributed by atoms with Crippen molar-refractivity contribution in [2.75, 3.05) is 13.6 Å². The molecule has 2 aliphatic heterocycles. The number of rotatable bonds is 4. The Kier molecular flexibility index (Phi) is 7.37. The van der Waals surface area contributed by atoms with E-state index in [2.05, 4.69) is 25.2 Å². The zero-order chi connectivity index (χ0) is 20.9. The molecule has 0 aromatic heterocycles. The van der Waals surface area contributed by atoms with Crippen molar-refractivity contribution < 1.29 is 34.1 Å². The van der Waals surface area contributed by atoms with E-state index in [9.17, 15) is 14.4 Å². The maximum atomic E-state index is 12.1. The highest BCUT2D eigenvalue weighted by atomic mass is 16.6. The lowest BCUT2D eigenvalue weighted by molar-refractivity contribution is -0.144. The fourth-order valence-corrected chi connectivity index (χ4v) is 3.93. The Bertz CT molecular complexity index is 655. The average molecular weight is 395 g/mol. The van der Waals surface area contributed by atoms with E-state index in [0.29, 0.717) is 18.7 Å². The van der Waals surface area contributed by atoms with Crippen molar-refractivity contribution in [2.45, 2.75) is 57.3 Å². The van der Waals surface area contributed by atoms with E-state index in [1.165, 1.54) is 5.57 Å². The molecule has 2 saturated heterocycles. The van der Waals surface area contributed by atoms with Gasteiger partial charge in [0.1, 0.15) is 12.2 Å². The molecule has 0 aromatic rings. The zero-order valence-electron chi connectivity index (χ0n) is 16.5. The quantitative estimate of drug-likeness (QED) is 0.284. The number of carbonyl (C=O) groups excluding carboxylic acids is 1. The van der Waals surface area contributed by atoms with E-state index in [4.69, 9.17) is 19.7 Å². The van der Waals surface area contributed by atoms with Gasteiger partial charge in [0.2, 0.25) is 0 Å². The largest absolute Gasteiger partial charge is 0.478 e. The lowest BCUT2D eigenvalue weighted by Crippen LogP contribution is -2.33. The predicted molar refractivity (Wildman–Crippen MR) is 101 cm³/mol. The molecule has 2 fully saturated rings. The summed E-state index contributed by atoms with van der Waals surface area (Å²) in [7, 11) is 1.89. The van der Waals surface area contributed by atoms with Gasteiger partial charge in [-0.05, 0) is 46.6 Å². The van der Waals surface area contributed by atoms with Gasteiger partial charge >= 0.3 is 17.9 Å². The first-order chi connectivity index (χ1) is 13.2. The number of carboxylic acid groups (broad SMARTS) is 2. The van der Waals surface area contributed by atoms with Crippen molar-refractivity contribution >= 4 is 17.9 Å². The Labute approximate surface area is 164 Å². The Morgan fingerprint density at radius 1 is 1.32 bits per heavy atom. The van der Waals surface area contributed by atoms with Crippen LogP contribution in [0.15, 0.2) is 23.8 Å². The molecule has 0 aromatic carbocycles. The number of aliphatic carboxylic acids is 2. The minimum absolute atomic E-state index is 0.0225. The molecular formula is C20H29NO7. The molecule has 3 aliphatic rings. The van der Waals surface area contributed by atoms with E-state index in [1.54, 1.807) is 0 Å². The van der Waals surface area contributed by atoms with Crippen LogP contribution in [0.25, 0.3) is 0 Å². The van der Waals surface area contributed by atoms with Crippen molar-refractivity contribution in [1.82, 2.24) is 5.32 Å². The molecule has 2 heterocycles. The maximum absolute atomic E-state index is 12.1. The fraction of sp³-hybridized carbons (Fsp3) is 0.650. The first kappa shape index (κ1) is 22.1. The Morgan fingerprint density at radius 3 is 2.54 bits per heavy atom. The molecule has 28 heavy (non-hydrogen) atoms. The van der Waals surface area contributed by atoms with Crippen LogP contribution in [0.2, 0.25) is 0 Å². The second kappa shape index (κ2) is 9.34. The molecule has 0 amide bonds. The number of carbonyl (C=O) groups is 3. The van der Waals surface area contributed by atoms with Gasteiger partial charge in [0, 0.05) is 24.6 Å². The summed E-state index contributed by atoms with van der Waals surface area (Å²) in [4.78, 5) is 31.3. The van der Waals surface area contributed by atoms with E-state index < -0.39 is 11.9 Å². The molecule has 5 atom stereocenters. The predicted octanol–water partition coefficient (Wildman–Crippen LogP) is 1.75. The molecule has 0 unspecified atom stereocenters. The van der Waals surface area contributed by atoms with Crippen LogP contribution in [0.3, 0.4) is 0 Å². The molecule has 0 saturated carbocycles. The van der Waals surface area contributed by atoms with Gasteiger partial charge in [0.15, 0.2) is 0 Å². The van der Waals surface area contributed by atoms with Crippen LogP contribution >= 0.6 is 0 Å². The van der Waals surface area contributed by atoms with Crippen LogP contribution in [0.1, 0.15) is 39.5 Å². The molecular weight excluding hydrogens is 366 g/mol. The maximum Gasteiger partial charge on any atom is 0.328 e. The van der Waals surface area contributed by atoms with E-state index in [0.717, 1.165) is 25.7 Å². The van der Waals surface area contributed by atoms with Crippen LogP contribution in [-0.2, 0) is 23.9 Å². The number of hydrogen-bond acceptors (Lipinski definition) is 6. The topological polar surface area (TPSA) is 125 Å². The number of hydrogen-bond donors (Lipinski definition) is 3. The lowest BCUT2D eigenvalue weighted by atomic mass is 9.80. The van der Waals surface area contributed by atoms with Crippen molar-refractivity contribution in [3.05, 3.63) is 23.8 Å². The summed E-state index contributed by atoms with van der Waals surface area (Å²) in [5.74, 6) is -2.30. The molecule has 0 spiro atoms. The van der Waals surface area contributed by atoms with Gasteiger partial charge in [0.05, 0.1) is 11.5 Å². The second-order valence-electron chi connectivity index (χ2n) is 7.72. The van der Waals surface area contributed by atoms with Gasteiger partial charge in [-0.3, -0.25) is 4.79 Å². The molecule has 8 heteroatoms. The third-order valence-corrected chi connectivity index (χ3v) is 5.53. The van der Waals surface area contributed by atoms with Crippen molar-refractivity contribution in [3.63, 3.8) is 0 Å². The summed E-state index contributed by atoms with van der Waals surface area (Å²) in [6.07, 6.45) is 7.65. The second-order valence-corrected chi connectivity index (χ2v) is 7.72. The molecule has 0 bridgehead atoms. The summed E-state index contributed by atoms with van der Waals surface area (Å²) in [6, 6.07) is 0. The smallest absolute Gasteiger partial charge is 0.328 e. The van der Waals surface area contributed by atoms with Gasteiger partial charge in [-0.2, -0.15) is 0 Å². The summed E-state index contributed by atoms with van der Waals surface area (Å²) < 4.78 is 11.6. The SMILES string of the molecule is CNC[C@@H]1C(=O)O[C@H]2[C@H]1CC/C(C)=C/CC[C@@]1(C)O[C@@H]21.O=C(O)/C=C/C(=O)O.